The molecule has 3 aromatic rings. The van der Waals surface area contributed by atoms with E-state index in [-0.39, 0.29) is 23.6 Å². The number of likely N-dealkylation sites (N-methyl/N-ethyl adjacent to an activating group) is 1. The fourth-order valence-corrected chi connectivity index (χ4v) is 4.15. The first-order valence-electron chi connectivity index (χ1n) is 12.4. The zero-order valence-corrected chi connectivity index (χ0v) is 21.9. The highest BCUT2D eigenvalue weighted by atomic mass is 19.4. The highest BCUT2D eigenvalue weighted by Gasteiger charge is 2.38. The van der Waals surface area contributed by atoms with Gasteiger partial charge >= 0.3 is 18.4 Å². The average molecular weight is 578 g/mol. The van der Waals surface area contributed by atoms with Crippen LogP contribution in [0.2, 0.25) is 0 Å². The van der Waals surface area contributed by atoms with E-state index in [9.17, 15) is 31.1 Å². The van der Waals surface area contributed by atoms with E-state index >= 15 is 0 Å². The van der Waals surface area contributed by atoms with Gasteiger partial charge in [0.2, 0.25) is 0 Å². The number of halogens is 6. The molecule has 1 aliphatic heterocycles. The predicted octanol–water partition coefficient (Wildman–Crippen LogP) is 7.30. The third-order valence-electron chi connectivity index (χ3n) is 6.18. The molecule has 1 N–H and O–H groups in total. The minimum absolute atomic E-state index is 0.0671. The smallest absolute Gasteiger partial charge is 0.416 e. The van der Waals surface area contributed by atoms with Crippen molar-refractivity contribution in [2.45, 2.75) is 32.4 Å². The molecule has 0 unspecified atom stereocenters. The number of rotatable bonds is 8. The Bertz CT molecular complexity index is 1470. The summed E-state index contributed by atoms with van der Waals surface area (Å²) in [5, 5.41) is 2.78. The second kappa shape index (κ2) is 11.9. The summed E-state index contributed by atoms with van der Waals surface area (Å²) < 4.78 is 90.3. The number of urea groups is 1. The van der Waals surface area contributed by atoms with Crippen LogP contribution in [0.25, 0.3) is 6.08 Å². The number of nitrogens with zero attached hydrogens (tertiary/aromatic N) is 2. The number of benzene rings is 3. The highest BCUT2D eigenvalue weighted by Crippen LogP contribution is 2.38. The topological polar surface area (TPSA) is 63.2 Å². The van der Waals surface area contributed by atoms with Crippen LogP contribution in [0.1, 0.15) is 34.7 Å². The van der Waals surface area contributed by atoms with E-state index < -0.39 is 35.6 Å². The molecule has 41 heavy (non-hydrogen) atoms. The molecule has 1 aliphatic rings. The fraction of sp³-hybridized carbons (Fsp3) is 0.241. The maximum Gasteiger partial charge on any atom is 0.416 e. The molecule has 216 valence electrons. The Morgan fingerprint density at radius 3 is 2.29 bits per heavy atom. The lowest BCUT2D eigenvalue weighted by Gasteiger charge is -2.17. The Balaban J connectivity index is 1.58. The number of methoxy groups -OCH3 is 1. The molecule has 6 nitrogen and oxygen atoms in total. The van der Waals surface area contributed by atoms with Crippen molar-refractivity contribution in [1.29, 1.82) is 0 Å². The Labute approximate surface area is 231 Å². The number of amides is 2. The van der Waals surface area contributed by atoms with Gasteiger partial charge in [0.05, 0.1) is 30.5 Å². The molecule has 2 amide bonds. The Morgan fingerprint density at radius 1 is 0.927 bits per heavy atom. The van der Waals surface area contributed by atoms with E-state index in [1.165, 1.54) is 18.1 Å². The zero-order valence-electron chi connectivity index (χ0n) is 21.9. The SMILES string of the molecule is CCN1C(=O)N/C(=C\c2ccc(OCc3ccc(C(F)(F)F)cc3C(F)(F)F)c(OC)c2)C1=NCc1ccccc1. The van der Waals surface area contributed by atoms with E-state index in [1.54, 1.807) is 18.2 Å². The van der Waals surface area contributed by atoms with Gasteiger partial charge in [-0.05, 0) is 48.4 Å². The predicted molar refractivity (Wildman–Crippen MR) is 140 cm³/mol. The van der Waals surface area contributed by atoms with Gasteiger partial charge in [-0.25, -0.2) is 4.79 Å². The molecule has 3 aromatic carbocycles. The van der Waals surface area contributed by atoms with Gasteiger partial charge in [0.25, 0.3) is 0 Å². The average Bonchev–Trinajstić information content (AvgIpc) is 3.23. The van der Waals surface area contributed by atoms with Gasteiger partial charge in [-0.1, -0.05) is 42.5 Å². The third-order valence-corrected chi connectivity index (χ3v) is 6.18. The van der Waals surface area contributed by atoms with Crippen LogP contribution in [0.3, 0.4) is 0 Å². The maximum absolute atomic E-state index is 13.5. The number of carbonyl (C=O) groups excluding carboxylic acids is 1. The van der Waals surface area contributed by atoms with Gasteiger partial charge < -0.3 is 14.8 Å². The van der Waals surface area contributed by atoms with Crippen LogP contribution in [-0.2, 0) is 25.5 Å². The van der Waals surface area contributed by atoms with Crippen molar-refractivity contribution in [3.05, 3.63) is 100 Å². The Morgan fingerprint density at radius 2 is 1.66 bits per heavy atom. The van der Waals surface area contributed by atoms with Crippen molar-refractivity contribution < 1.29 is 40.6 Å². The summed E-state index contributed by atoms with van der Waals surface area (Å²) >= 11 is 0. The summed E-state index contributed by atoms with van der Waals surface area (Å²) in [6.07, 6.45) is -8.27. The van der Waals surface area contributed by atoms with Crippen molar-refractivity contribution in [1.82, 2.24) is 10.2 Å². The standard InChI is InChI=1S/C29H25F6N3O3/c1-3-38-26(36-16-18-7-5-4-6-8-18)23(37-27(38)39)13-19-9-12-24(25(14-19)40-2)41-17-20-10-11-21(28(30,31)32)15-22(20)29(33,34)35/h4-15H,3,16-17H2,1-2H3,(H,37,39)/b23-13-,36-26?. The van der Waals surface area contributed by atoms with Gasteiger partial charge in [0.15, 0.2) is 17.3 Å². The van der Waals surface area contributed by atoms with Crippen LogP contribution >= 0.6 is 0 Å². The number of aliphatic imine (C=N–C) groups is 1. The molecular formula is C29H25F6N3O3. The van der Waals surface area contributed by atoms with Crippen molar-refractivity contribution >= 4 is 17.9 Å². The molecular weight excluding hydrogens is 552 g/mol. The van der Waals surface area contributed by atoms with Gasteiger partial charge in [-0.3, -0.25) is 9.89 Å². The molecule has 0 aliphatic carbocycles. The van der Waals surface area contributed by atoms with Crippen molar-refractivity contribution in [3.8, 4) is 11.5 Å². The van der Waals surface area contributed by atoms with E-state index in [1.807, 2.05) is 37.3 Å². The second-order valence-corrected chi connectivity index (χ2v) is 8.92. The lowest BCUT2D eigenvalue weighted by molar-refractivity contribution is -0.143. The summed E-state index contributed by atoms with van der Waals surface area (Å²) in [5.74, 6) is 0.688. The monoisotopic (exact) mass is 577 g/mol. The molecule has 4 rings (SSSR count). The molecule has 0 atom stereocenters. The summed E-state index contributed by atoms with van der Waals surface area (Å²) in [6.45, 7) is 1.90. The highest BCUT2D eigenvalue weighted by molar-refractivity contribution is 6.16. The third kappa shape index (κ3) is 7.00. The van der Waals surface area contributed by atoms with Gasteiger partial charge in [-0.2, -0.15) is 26.3 Å². The molecule has 0 spiro atoms. The zero-order chi connectivity index (χ0) is 29.8. The van der Waals surface area contributed by atoms with Crippen LogP contribution in [0.4, 0.5) is 31.1 Å². The number of carbonyl (C=O) groups is 1. The van der Waals surface area contributed by atoms with Gasteiger partial charge in [-0.15, -0.1) is 0 Å². The van der Waals surface area contributed by atoms with Crippen molar-refractivity contribution in [3.63, 3.8) is 0 Å². The molecule has 1 fully saturated rings. The molecule has 0 bridgehead atoms. The fourth-order valence-electron chi connectivity index (χ4n) is 4.15. The number of hydrogen-bond donors (Lipinski definition) is 1. The van der Waals surface area contributed by atoms with Crippen molar-refractivity contribution in [2.75, 3.05) is 13.7 Å². The van der Waals surface area contributed by atoms with Crippen LogP contribution in [-0.4, -0.2) is 30.4 Å². The molecule has 1 saturated heterocycles. The number of hydrogen-bond acceptors (Lipinski definition) is 4. The Kier molecular flexibility index (Phi) is 8.60. The first-order chi connectivity index (χ1) is 19.4. The quantitative estimate of drug-likeness (QED) is 0.286. The van der Waals surface area contributed by atoms with E-state index in [4.69, 9.17) is 9.47 Å². The molecule has 0 saturated carbocycles. The lowest BCUT2D eigenvalue weighted by atomic mass is 10.0. The summed E-state index contributed by atoms with van der Waals surface area (Å²) in [4.78, 5) is 18.6. The number of nitrogens with one attached hydrogen (secondary N) is 1. The molecule has 0 radical (unpaired) electrons. The van der Waals surface area contributed by atoms with Crippen molar-refractivity contribution in [2.24, 2.45) is 4.99 Å². The molecule has 12 heteroatoms. The lowest BCUT2D eigenvalue weighted by Crippen LogP contribution is -2.30. The van der Waals surface area contributed by atoms with E-state index in [0.717, 1.165) is 11.6 Å². The number of amidine groups is 1. The van der Waals surface area contributed by atoms with Crippen LogP contribution < -0.4 is 14.8 Å². The van der Waals surface area contributed by atoms with Crippen LogP contribution in [0, 0.1) is 0 Å². The molecule has 0 aromatic heterocycles. The maximum atomic E-state index is 13.5. The Hall–Kier alpha value is -4.48. The minimum Gasteiger partial charge on any atom is -0.493 e. The first-order valence-corrected chi connectivity index (χ1v) is 12.4. The molecule has 1 heterocycles. The summed E-state index contributed by atoms with van der Waals surface area (Å²) in [5.41, 5.74) is -1.34. The van der Waals surface area contributed by atoms with E-state index in [2.05, 4.69) is 10.3 Å². The largest absolute Gasteiger partial charge is 0.493 e. The first kappa shape index (κ1) is 29.5. The number of alkyl halides is 6. The van der Waals surface area contributed by atoms with Gasteiger partial charge in [0, 0.05) is 12.1 Å². The second-order valence-electron chi connectivity index (χ2n) is 8.92. The van der Waals surface area contributed by atoms with Gasteiger partial charge in [0.1, 0.15) is 6.61 Å². The summed E-state index contributed by atoms with van der Waals surface area (Å²) in [6, 6.07) is 15.2. The van der Waals surface area contributed by atoms with E-state index in [0.29, 0.717) is 36.3 Å². The van der Waals surface area contributed by atoms with Crippen LogP contribution in [0.15, 0.2) is 77.4 Å². The number of ether oxygens (including phenoxy) is 2. The summed E-state index contributed by atoms with van der Waals surface area (Å²) in [7, 11) is 1.33. The van der Waals surface area contributed by atoms with Crippen LogP contribution in [0.5, 0.6) is 11.5 Å². The normalized spacial score (nSPS) is 15.9. The minimum atomic E-state index is -5.02.